The van der Waals surface area contributed by atoms with Crippen LogP contribution in [0, 0.1) is 20.8 Å². The minimum atomic E-state index is -0.804. The van der Waals surface area contributed by atoms with E-state index < -0.39 is 17.7 Å². The standard InChI is InChI=1S/C25H21ClN2O3/c1-14-7-8-18(13-15(14)2)23(29)21-22(17-9-11-27-12-10-17)28(25(31)24(21)30)20-6-4-5-19(26)16(20)3/h4-13,22,29H,1-3H3/b23-21+. The van der Waals surface area contributed by atoms with Gasteiger partial charge in [-0.15, -0.1) is 0 Å². The van der Waals surface area contributed by atoms with Crippen LogP contribution in [-0.2, 0) is 9.59 Å². The van der Waals surface area contributed by atoms with Crippen molar-refractivity contribution < 1.29 is 14.7 Å². The Labute approximate surface area is 185 Å². The highest BCUT2D eigenvalue weighted by molar-refractivity contribution is 6.52. The molecule has 2 heterocycles. The summed E-state index contributed by atoms with van der Waals surface area (Å²) < 4.78 is 0. The molecular formula is C25H21ClN2O3. The van der Waals surface area contributed by atoms with E-state index in [1.165, 1.54) is 4.90 Å². The molecule has 31 heavy (non-hydrogen) atoms. The zero-order chi connectivity index (χ0) is 22.3. The highest BCUT2D eigenvalue weighted by atomic mass is 35.5. The molecule has 6 heteroatoms. The Bertz CT molecular complexity index is 1230. The van der Waals surface area contributed by atoms with Gasteiger partial charge in [-0.2, -0.15) is 0 Å². The van der Waals surface area contributed by atoms with Crippen LogP contribution in [0.4, 0.5) is 5.69 Å². The van der Waals surface area contributed by atoms with Crippen LogP contribution < -0.4 is 4.90 Å². The molecule has 4 rings (SSSR count). The van der Waals surface area contributed by atoms with E-state index in [2.05, 4.69) is 4.98 Å². The molecule has 1 unspecified atom stereocenters. The van der Waals surface area contributed by atoms with Gasteiger partial charge in [0.15, 0.2) is 0 Å². The summed E-state index contributed by atoms with van der Waals surface area (Å²) in [5.41, 5.74) is 4.44. The molecular weight excluding hydrogens is 412 g/mol. The third-order valence-corrected chi connectivity index (χ3v) is 6.15. The second-order valence-electron chi connectivity index (χ2n) is 7.63. The number of rotatable bonds is 3. The number of aromatic nitrogens is 1. The van der Waals surface area contributed by atoms with Crippen LogP contribution in [0.3, 0.4) is 0 Å². The molecule has 1 aromatic heterocycles. The fraction of sp³-hybridized carbons (Fsp3) is 0.160. The molecule has 156 valence electrons. The number of hydrogen-bond donors (Lipinski definition) is 1. The molecule has 5 nitrogen and oxygen atoms in total. The molecule has 0 radical (unpaired) electrons. The van der Waals surface area contributed by atoms with E-state index in [1.54, 1.807) is 55.7 Å². The largest absolute Gasteiger partial charge is 0.507 e. The summed E-state index contributed by atoms with van der Waals surface area (Å²) in [5.74, 6) is -1.65. The van der Waals surface area contributed by atoms with Gasteiger partial charge >= 0.3 is 0 Å². The molecule has 0 aliphatic carbocycles. The van der Waals surface area contributed by atoms with Gasteiger partial charge < -0.3 is 5.11 Å². The van der Waals surface area contributed by atoms with E-state index >= 15 is 0 Å². The number of anilines is 1. The Hall–Kier alpha value is -3.44. The Morgan fingerprint density at radius 2 is 1.71 bits per heavy atom. The Balaban J connectivity index is 1.98. The maximum absolute atomic E-state index is 13.2. The van der Waals surface area contributed by atoms with Crippen molar-refractivity contribution >= 4 is 34.7 Å². The number of carbonyl (C=O) groups is 2. The third-order valence-electron chi connectivity index (χ3n) is 5.75. The number of nitrogens with zero attached hydrogens (tertiary/aromatic N) is 2. The van der Waals surface area contributed by atoms with Crippen molar-refractivity contribution in [2.45, 2.75) is 26.8 Å². The number of aliphatic hydroxyl groups is 1. The number of Topliss-reactive ketones (excluding diaryl/α,β-unsaturated/α-hetero) is 1. The second-order valence-corrected chi connectivity index (χ2v) is 8.04. The van der Waals surface area contributed by atoms with Gasteiger partial charge in [-0.1, -0.05) is 29.8 Å². The summed E-state index contributed by atoms with van der Waals surface area (Å²) in [6, 6.07) is 13.3. The lowest BCUT2D eigenvalue weighted by Gasteiger charge is -2.27. The van der Waals surface area contributed by atoms with Crippen molar-refractivity contribution in [2.75, 3.05) is 4.90 Å². The van der Waals surface area contributed by atoms with E-state index in [9.17, 15) is 14.7 Å². The van der Waals surface area contributed by atoms with Gasteiger partial charge in [0.2, 0.25) is 0 Å². The predicted octanol–water partition coefficient (Wildman–Crippen LogP) is 5.29. The normalized spacial score (nSPS) is 17.9. The highest BCUT2D eigenvalue weighted by Crippen LogP contribution is 2.43. The van der Waals surface area contributed by atoms with Crippen LogP contribution in [0.5, 0.6) is 0 Å². The van der Waals surface area contributed by atoms with Crippen LogP contribution in [-0.4, -0.2) is 21.8 Å². The number of pyridine rings is 1. The minimum absolute atomic E-state index is 0.0406. The lowest BCUT2D eigenvalue weighted by molar-refractivity contribution is -0.132. The van der Waals surface area contributed by atoms with E-state index in [1.807, 2.05) is 26.0 Å². The molecule has 0 spiro atoms. The van der Waals surface area contributed by atoms with Gasteiger partial charge in [0.25, 0.3) is 11.7 Å². The van der Waals surface area contributed by atoms with Crippen LogP contribution in [0.15, 0.2) is 66.5 Å². The van der Waals surface area contributed by atoms with Crippen LogP contribution in [0.1, 0.15) is 33.9 Å². The topological polar surface area (TPSA) is 70.5 Å². The molecule has 1 amide bonds. The third kappa shape index (κ3) is 3.51. The molecule has 1 atom stereocenters. The molecule has 1 saturated heterocycles. The average Bonchev–Trinajstić information content (AvgIpc) is 3.03. The number of amides is 1. The maximum Gasteiger partial charge on any atom is 0.300 e. The summed E-state index contributed by atoms with van der Waals surface area (Å²) in [7, 11) is 0. The fourth-order valence-corrected chi connectivity index (χ4v) is 4.01. The first-order valence-electron chi connectivity index (χ1n) is 9.85. The molecule has 1 aliphatic heterocycles. The van der Waals surface area contributed by atoms with E-state index in [-0.39, 0.29) is 11.3 Å². The first kappa shape index (κ1) is 20.8. The first-order chi connectivity index (χ1) is 14.8. The molecule has 1 aliphatic rings. The predicted molar refractivity (Wildman–Crippen MR) is 121 cm³/mol. The minimum Gasteiger partial charge on any atom is -0.507 e. The van der Waals surface area contributed by atoms with Gasteiger partial charge in [-0.05, 0) is 73.4 Å². The number of carbonyl (C=O) groups excluding carboxylic acids is 2. The van der Waals surface area contributed by atoms with Gasteiger partial charge in [-0.25, -0.2) is 0 Å². The summed E-state index contributed by atoms with van der Waals surface area (Å²) in [6.45, 7) is 5.70. The summed E-state index contributed by atoms with van der Waals surface area (Å²) in [6.07, 6.45) is 3.19. The average molecular weight is 433 g/mol. The number of aliphatic hydroxyl groups excluding tert-OH is 1. The van der Waals surface area contributed by atoms with Gasteiger partial charge in [0.05, 0.1) is 11.6 Å². The summed E-state index contributed by atoms with van der Waals surface area (Å²) in [5, 5.41) is 11.7. The Morgan fingerprint density at radius 1 is 1.00 bits per heavy atom. The van der Waals surface area contributed by atoms with Crippen molar-refractivity contribution in [3.05, 3.63) is 99.3 Å². The van der Waals surface area contributed by atoms with E-state index in [0.29, 0.717) is 27.4 Å². The van der Waals surface area contributed by atoms with Crippen molar-refractivity contribution in [3.8, 4) is 0 Å². The van der Waals surface area contributed by atoms with Crippen LogP contribution in [0.25, 0.3) is 5.76 Å². The Morgan fingerprint density at radius 3 is 2.39 bits per heavy atom. The van der Waals surface area contributed by atoms with E-state index in [4.69, 9.17) is 11.6 Å². The Kier molecular flexibility index (Phi) is 5.38. The molecule has 0 bridgehead atoms. The van der Waals surface area contributed by atoms with Crippen molar-refractivity contribution in [3.63, 3.8) is 0 Å². The quantitative estimate of drug-likeness (QED) is 0.347. The van der Waals surface area contributed by atoms with Crippen molar-refractivity contribution in [1.29, 1.82) is 0 Å². The number of ketones is 1. The molecule has 2 aromatic carbocycles. The van der Waals surface area contributed by atoms with Gasteiger partial charge in [-0.3, -0.25) is 19.5 Å². The van der Waals surface area contributed by atoms with Gasteiger partial charge in [0, 0.05) is 28.7 Å². The van der Waals surface area contributed by atoms with Crippen LogP contribution in [0.2, 0.25) is 5.02 Å². The van der Waals surface area contributed by atoms with Gasteiger partial charge in [0.1, 0.15) is 5.76 Å². The zero-order valence-corrected chi connectivity index (χ0v) is 18.1. The maximum atomic E-state index is 13.2. The smallest absolute Gasteiger partial charge is 0.300 e. The fourth-order valence-electron chi connectivity index (χ4n) is 3.84. The van der Waals surface area contributed by atoms with Crippen LogP contribution >= 0.6 is 11.6 Å². The highest BCUT2D eigenvalue weighted by Gasteiger charge is 2.47. The lowest BCUT2D eigenvalue weighted by atomic mass is 9.94. The lowest BCUT2D eigenvalue weighted by Crippen LogP contribution is -2.30. The number of halogens is 1. The number of hydrogen-bond acceptors (Lipinski definition) is 4. The molecule has 1 N–H and O–H groups in total. The van der Waals surface area contributed by atoms with E-state index in [0.717, 1.165) is 11.1 Å². The summed E-state index contributed by atoms with van der Waals surface area (Å²) >= 11 is 6.30. The number of benzene rings is 2. The molecule has 1 fully saturated rings. The van der Waals surface area contributed by atoms with Crippen molar-refractivity contribution in [2.24, 2.45) is 0 Å². The number of aryl methyl sites for hydroxylation is 2. The first-order valence-corrected chi connectivity index (χ1v) is 10.2. The second kappa shape index (κ2) is 8.00. The van der Waals surface area contributed by atoms with Crippen molar-refractivity contribution in [1.82, 2.24) is 4.98 Å². The SMILES string of the molecule is Cc1ccc(/C(O)=C2\C(=O)C(=O)N(c3cccc(Cl)c3C)C2c2ccncc2)cc1C. The molecule has 0 saturated carbocycles. The zero-order valence-electron chi connectivity index (χ0n) is 17.4. The molecule has 3 aromatic rings. The monoisotopic (exact) mass is 432 g/mol. The summed E-state index contributed by atoms with van der Waals surface area (Å²) in [4.78, 5) is 31.8.